The van der Waals surface area contributed by atoms with Crippen LogP contribution < -0.4 is 0 Å². The predicted octanol–water partition coefficient (Wildman–Crippen LogP) is 1.94. The number of carbonyl (C=O) groups is 1. The molecule has 0 atom stereocenters. The number of methoxy groups -OCH3 is 1. The summed E-state index contributed by atoms with van der Waals surface area (Å²) in [6.07, 6.45) is 2.04. The molecule has 0 aliphatic heterocycles. The molecule has 1 heterocycles. The number of esters is 1. The summed E-state index contributed by atoms with van der Waals surface area (Å²) in [6.45, 7) is 1.96. The van der Waals surface area contributed by atoms with E-state index in [9.17, 15) is 4.79 Å². The highest BCUT2D eigenvalue weighted by Gasteiger charge is 2.06. The van der Waals surface area contributed by atoms with Crippen LogP contribution in [0.1, 0.15) is 16.8 Å². The average molecular weight is 274 g/mol. The number of halogens is 1. The third-order valence-electron chi connectivity index (χ3n) is 2.06. The molecule has 100 valence electrons. The second-order valence-corrected chi connectivity index (χ2v) is 3.85. The fourth-order valence-electron chi connectivity index (χ4n) is 1.15. The first kappa shape index (κ1) is 14.9. The Hall–Kier alpha value is -1.17. The number of nitrogens with zero attached hydrogens (tertiary/aromatic N) is 1. The first-order valence-electron chi connectivity index (χ1n) is 5.59. The summed E-state index contributed by atoms with van der Waals surface area (Å²) < 4.78 is 15.1. The van der Waals surface area contributed by atoms with Gasteiger partial charge in [0.05, 0.1) is 25.4 Å². The molecule has 1 aromatic heterocycles. The first-order valence-corrected chi connectivity index (χ1v) is 5.97. The monoisotopic (exact) mass is 273 g/mol. The minimum atomic E-state index is -0.406. The maximum Gasteiger partial charge on any atom is 0.339 e. The standard InChI is InChI=1S/C12H16ClNO4/c1-16-7-8-17-5-2-6-18-12(15)10-3-4-11(13)14-9-10/h3-4,9H,2,5-8H2,1H3. The van der Waals surface area contributed by atoms with Gasteiger partial charge in [-0.15, -0.1) is 0 Å². The van der Waals surface area contributed by atoms with E-state index in [0.717, 1.165) is 0 Å². The lowest BCUT2D eigenvalue weighted by Gasteiger charge is -2.05. The van der Waals surface area contributed by atoms with Crippen LogP contribution in [0.4, 0.5) is 0 Å². The number of ether oxygens (including phenoxy) is 3. The molecule has 0 saturated carbocycles. The molecule has 0 aliphatic carbocycles. The molecule has 0 N–H and O–H groups in total. The molecule has 0 aromatic carbocycles. The van der Waals surface area contributed by atoms with Crippen LogP contribution in [0, 0.1) is 0 Å². The first-order chi connectivity index (χ1) is 8.74. The summed E-state index contributed by atoms with van der Waals surface area (Å²) in [7, 11) is 1.62. The Morgan fingerprint density at radius 3 is 2.78 bits per heavy atom. The lowest BCUT2D eigenvalue weighted by molar-refractivity contribution is 0.0385. The van der Waals surface area contributed by atoms with Crippen molar-refractivity contribution in [3.63, 3.8) is 0 Å². The number of pyridine rings is 1. The summed E-state index contributed by atoms with van der Waals surface area (Å²) >= 11 is 5.61. The van der Waals surface area contributed by atoms with E-state index < -0.39 is 5.97 Å². The van der Waals surface area contributed by atoms with Crippen molar-refractivity contribution in [2.24, 2.45) is 0 Å². The van der Waals surface area contributed by atoms with Crippen molar-refractivity contribution in [3.8, 4) is 0 Å². The Kier molecular flexibility index (Phi) is 7.32. The van der Waals surface area contributed by atoms with Gasteiger partial charge in [0.1, 0.15) is 5.15 Å². The number of rotatable bonds is 8. The minimum Gasteiger partial charge on any atom is -0.462 e. The van der Waals surface area contributed by atoms with E-state index in [4.69, 9.17) is 25.8 Å². The van der Waals surface area contributed by atoms with E-state index >= 15 is 0 Å². The molecular formula is C12H16ClNO4. The van der Waals surface area contributed by atoms with Gasteiger partial charge in [0, 0.05) is 26.3 Å². The molecule has 0 amide bonds. The fourth-order valence-corrected chi connectivity index (χ4v) is 1.26. The van der Waals surface area contributed by atoms with Crippen molar-refractivity contribution >= 4 is 17.6 Å². The molecule has 1 rings (SSSR count). The Labute approximate surface area is 111 Å². The number of aromatic nitrogens is 1. The van der Waals surface area contributed by atoms with Crippen LogP contribution in [0.15, 0.2) is 18.3 Å². The van der Waals surface area contributed by atoms with E-state index in [1.807, 2.05) is 0 Å². The van der Waals surface area contributed by atoms with E-state index in [1.165, 1.54) is 6.20 Å². The zero-order chi connectivity index (χ0) is 13.2. The van der Waals surface area contributed by atoms with Crippen LogP contribution in [0.5, 0.6) is 0 Å². The number of carbonyl (C=O) groups excluding carboxylic acids is 1. The van der Waals surface area contributed by atoms with Gasteiger partial charge < -0.3 is 14.2 Å². The number of hydrogen-bond donors (Lipinski definition) is 0. The van der Waals surface area contributed by atoms with E-state index in [-0.39, 0.29) is 0 Å². The fraction of sp³-hybridized carbons (Fsp3) is 0.500. The van der Waals surface area contributed by atoms with E-state index in [0.29, 0.717) is 43.6 Å². The maximum atomic E-state index is 11.5. The summed E-state index contributed by atoms with van der Waals surface area (Å²) in [6, 6.07) is 3.12. The third-order valence-corrected chi connectivity index (χ3v) is 2.28. The molecule has 6 heteroatoms. The molecule has 0 fully saturated rings. The topological polar surface area (TPSA) is 57.7 Å². The molecule has 0 unspecified atom stereocenters. The lowest BCUT2D eigenvalue weighted by atomic mass is 10.3. The molecule has 0 aliphatic rings. The molecule has 0 radical (unpaired) electrons. The highest BCUT2D eigenvalue weighted by molar-refractivity contribution is 6.29. The molecular weight excluding hydrogens is 258 g/mol. The molecule has 18 heavy (non-hydrogen) atoms. The van der Waals surface area contributed by atoms with Gasteiger partial charge in [0.15, 0.2) is 0 Å². The quantitative estimate of drug-likeness (QED) is 0.412. The van der Waals surface area contributed by atoms with Gasteiger partial charge in [0.25, 0.3) is 0 Å². The Morgan fingerprint density at radius 1 is 1.28 bits per heavy atom. The largest absolute Gasteiger partial charge is 0.462 e. The second kappa shape index (κ2) is 8.85. The van der Waals surface area contributed by atoms with Crippen LogP contribution in [0.25, 0.3) is 0 Å². The van der Waals surface area contributed by atoms with Crippen molar-refractivity contribution < 1.29 is 19.0 Å². The Morgan fingerprint density at radius 2 is 2.11 bits per heavy atom. The molecule has 5 nitrogen and oxygen atoms in total. The van der Waals surface area contributed by atoms with Crippen molar-refractivity contribution in [2.45, 2.75) is 6.42 Å². The van der Waals surface area contributed by atoms with Crippen LogP contribution in [0.3, 0.4) is 0 Å². The van der Waals surface area contributed by atoms with Gasteiger partial charge in [-0.2, -0.15) is 0 Å². The van der Waals surface area contributed by atoms with Crippen LogP contribution in [-0.2, 0) is 14.2 Å². The van der Waals surface area contributed by atoms with Gasteiger partial charge in [-0.05, 0) is 12.1 Å². The molecule has 0 spiro atoms. The zero-order valence-corrected chi connectivity index (χ0v) is 11.0. The van der Waals surface area contributed by atoms with E-state index in [1.54, 1.807) is 19.2 Å². The Bertz CT molecular complexity index is 356. The third kappa shape index (κ3) is 5.95. The van der Waals surface area contributed by atoms with Gasteiger partial charge in [-0.3, -0.25) is 0 Å². The average Bonchev–Trinajstić information content (AvgIpc) is 2.38. The van der Waals surface area contributed by atoms with Gasteiger partial charge in [-0.1, -0.05) is 11.6 Å². The summed E-state index contributed by atoms with van der Waals surface area (Å²) in [5, 5.41) is 0.345. The molecule has 1 aromatic rings. The van der Waals surface area contributed by atoms with Crippen molar-refractivity contribution in [3.05, 3.63) is 29.0 Å². The van der Waals surface area contributed by atoms with Gasteiger partial charge in [-0.25, -0.2) is 9.78 Å². The lowest BCUT2D eigenvalue weighted by Crippen LogP contribution is -2.10. The SMILES string of the molecule is COCCOCCCOC(=O)c1ccc(Cl)nc1. The summed E-state index contributed by atoms with van der Waals surface area (Å²) in [5.41, 5.74) is 0.389. The van der Waals surface area contributed by atoms with Gasteiger partial charge in [0.2, 0.25) is 0 Å². The second-order valence-electron chi connectivity index (χ2n) is 3.46. The molecule has 0 bridgehead atoms. The number of hydrogen-bond acceptors (Lipinski definition) is 5. The van der Waals surface area contributed by atoms with E-state index in [2.05, 4.69) is 4.98 Å². The van der Waals surface area contributed by atoms with Crippen molar-refractivity contribution in [1.82, 2.24) is 4.98 Å². The zero-order valence-electron chi connectivity index (χ0n) is 10.2. The Balaban J connectivity index is 2.12. The van der Waals surface area contributed by atoms with Crippen LogP contribution in [0.2, 0.25) is 5.15 Å². The van der Waals surface area contributed by atoms with Crippen molar-refractivity contribution in [2.75, 3.05) is 33.5 Å². The highest BCUT2D eigenvalue weighted by Crippen LogP contribution is 2.06. The van der Waals surface area contributed by atoms with Crippen LogP contribution in [-0.4, -0.2) is 44.5 Å². The minimum absolute atomic E-state index is 0.314. The highest BCUT2D eigenvalue weighted by atomic mass is 35.5. The van der Waals surface area contributed by atoms with Gasteiger partial charge >= 0.3 is 5.97 Å². The summed E-state index contributed by atoms with van der Waals surface area (Å²) in [5.74, 6) is -0.406. The van der Waals surface area contributed by atoms with Crippen LogP contribution >= 0.6 is 11.6 Å². The predicted molar refractivity (Wildman–Crippen MR) is 66.8 cm³/mol. The van der Waals surface area contributed by atoms with Crippen molar-refractivity contribution in [1.29, 1.82) is 0 Å². The molecule has 0 saturated heterocycles. The summed E-state index contributed by atoms with van der Waals surface area (Å²) in [4.78, 5) is 15.3. The normalized spacial score (nSPS) is 10.3. The maximum absolute atomic E-state index is 11.5. The smallest absolute Gasteiger partial charge is 0.339 e.